The maximum absolute atomic E-state index is 11.5. The van der Waals surface area contributed by atoms with Crippen molar-refractivity contribution in [1.29, 1.82) is 0 Å². The van der Waals surface area contributed by atoms with Gasteiger partial charge < -0.3 is 0 Å². The highest BCUT2D eigenvalue weighted by Gasteiger charge is 2.20. The van der Waals surface area contributed by atoms with Crippen molar-refractivity contribution in [3.05, 3.63) is 35.9 Å². The smallest absolute Gasteiger partial charge is 0.232 e. The number of ketones is 1. The van der Waals surface area contributed by atoms with E-state index in [1.54, 1.807) is 24.3 Å². The number of rotatable bonds is 3. The third kappa shape index (κ3) is 2.39. The van der Waals surface area contributed by atoms with Gasteiger partial charge in [-0.25, -0.2) is 0 Å². The van der Waals surface area contributed by atoms with E-state index in [0.717, 1.165) is 0 Å². The van der Waals surface area contributed by atoms with Gasteiger partial charge in [0.25, 0.3) is 0 Å². The predicted octanol–water partition coefficient (Wildman–Crippen LogP) is 2.27. The van der Waals surface area contributed by atoms with Crippen molar-refractivity contribution in [2.45, 2.75) is 6.92 Å². The fourth-order valence-corrected chi connectivity index (χ4v) is 1.05. The average Bonchev–Trinajstić information content (AvgIpc) is 2.17. The van der Waals surface area contributed by atoms with Gasteiger partial charge in [-0.2, -0.15) is 0 Å². The van der Waals surface area contributed by atoms with E-state index in [4.69, 9.17) is 11.6 Å². The number of carbonyl (C=O) groups is 2. The van der Waals surface area contributed by atoms with Crippen molar-refractivity contribution in [1.82, 2.24) is 0 Å². The van der Waals surface area contributed by atoms with Crippen LogP contribution in [0.1, 0.15) is 17.3 Å². The molecular formula is C10H9ClO2. The van der Waals surface area contributed by atoms with Crippen LogP contribution in [0.3, 0.4) is 0 Å². The van der Waals surface area contributed by atoms with Gasteiger partial charge in [-0.3, -0.25) is 9.59 Å². The molecule has 0 aliphatic carbocycles. The Labute approximate surface area is 81.5 Å². The summed E-state index contributed by atoms with van der Waals surface area (Å²) in [4.78, 5) is 22.2. The molecule has 0 bridgehead atoms. The summed E-state index contributed by atoms with van der Waals surface area (Å²) < 4.78 is 0. The molecule has 0 aliphatic rings. The van der Waals surface area contributed by atoms with Crippen LogP contribution in [0.4, 0.5) is 0 Å². The average molecular weight is 197 g/mol. The van der Waals surface area contributed by atoms with Crippen LogP contribution in [0.2, 0.25) is 0 Å². The van der Waals surface area contributed by atoms with E-state index in [1.807, 2.05) is 6.07 Å². The molecule has 3 heteroatoms. The molecule has 0 saturated carbocycles. The molecule has 0 fully saturated rings. The van der Waals surface area contributed by atoms with E-state index >= 15 is 0 Å². The van der Waals surface area contributed by atoms with Crippen LogP contribution in [-0.2, 0) is 4.79 Å². The summed E-state index contributed by atoms with van der Waals surface area (Å²) in [5.74, 6) is -0.996. The first-order valence-corrected chi connectivity index (χ1v) is 4.29. The first-order valence-electron chi connectivity index (χ1n) is 3.91. The summed E-state index contributed by atoms with van der Waals surface area (Å²) >= 11 is 5.21. The van der Waals surface area contributed by atoms with E-state index in [9.17, 15) is 9.59 Å². The van der Waals surface area contributed by atoms with Crippen LogP contribution in [0.5, 0.6) is 0 Å². The summed E-state index contributed by atoms with van der Waals surface area (Å²) in [6, 6.07) is 8.64. The van der Waals surface area contributed by atoms with Gasteiger partial charge in [-0.15, -0.1) is 0 Å². The van der Waals surface area contributed by atoms with Crippen molar-refractivity contribution in [2.75, 3.05) is 0 Å². The molecule has 1 aromatic rings. The van der Waals surface area contributed by atoms with Crippen molar-refractivity contribution in [3.8, 4) is 0 Å². The van der Waals surface area contributed by atoms with Gasteiger partial charge in [0.2, 0.25) is 5.24 Å². The molecule has 13 heavy (non-hydrogen) atoms. The zero-order chi connectivity index (χ0) is 9.84. The first kappa shape index (κ1) is 9.93. The van der Waals surface area contributed by atoms with Gasteiger partial charge >= 0.3 is 0 Å². The zero-order valence-corrected chi connectivity index (χ0v) is 7.91. The highest BCUT2D eigenvalue weighted by atomic mass is 35.5. The summed E-state index contributed by atoms with van der Waals surface area (Å²) in [5, 5.41) is -0.617. The quantitative estimate of drug-likeness (QED) is 0.422. The topological polar surface area (TPSA) is 34.1 Å². The lowest BCUT2D eigenvalue weighted by atomic mass is 10.0. The number of benzene rings is 1. The molecule has 0 heterocycles. The molecule has 1 atom stereocenters. The van der Waals surface area contributed by atoms with E-state index in [0.29, 0.717) is 5.56 Å². The zero-order valence-electron chi connectivity index (χ0n) is 7.16. The Morgan fingerprint density at radius 1 is 1.23 bits per heavy atom. The third-order valence-corrected chi connectivity index (χ3v) is 2.12. The maximum atomic E-state index is 11.5. The van der Waals surface area contributed by atoms with Gasteiger partial charge in [0.05, 0.1) is 5.92 Å². The molecule has 1 rings (SSSR count). The fraction of sp³-hybridized carbons (Fsp3) is 0.200. The molecule has 0 N–H and O–H groups in total. The van der Waals surface area contributed by atoms with E-state index in [2.05, 4.69) is 0 Å². The van der Waals surface area contributed by atoms with Gasteiger partial charge in [0.1, 0.15) is 0 Å². The molecule has 0 amide bonds. The van der Waals surface area contributed by atoms with Crippen LogP contribution in [0.15, 0.2) is 30.3 Å². The molecule has 0 aromatic heterocycles. The first-order chi connectivity index (χ1) is 6.13. The minimum absolute atomic E-state index is 0.236. The molecule has 0 radical (unpaired) electrons. The standard InChI is InChI=1S/C10H9ClO2/c1-7(10(11)13)9(12)8-5-3-2-4-6-8/h2-7H,1H3/t7-/m0/s1. The Morgan fingerprint density at radius 3 is 2.23 bits per heavy atom. The van der Waals surface area contributed by atoms with Crippen LogP contribution in [0.25, 0.3) is 0 Å². The SMILES string of the molecule is C[C@H](C(=O)Cl)C(=O)c1ccccc1. The van der Waals surface area contributed by atoms with E-state index < -0.39 is 11.2 Å². The molecule has 0 spiro atoms. The monoisotopic (exact) mass is 196 g/mol. The molecule has 0 saturated heterocycles. The predicted molar refractivity (Wildman–Crippen MR) is 50.8 cm³/mol. The summed E-state index contributed by atoms with van der Waals surface area (Å²) in [7, 11) is 0. The number of halogens is 1. The van der Waals surface area contributed by atoms with Crippen molar-refractivity contribution >= 4 is 22.6 Å². The Kier molecular flexibility index (Phi) is 3.20. The minimum atomic E-state index is -0.760. The van der Waals surface area contributed by atoms with Crippen LogP contribution in [0, 0.1) is 5.92 Å². The Balaban J connectivity index is 2.86. The lowest BCUT2D eigenvalue weighted by Crippen LogP contribution is -2.16. The summed E-state index contributed by atoms with van der Waals surface area (Å²) in [6.07, 6.45) is 0. The Hall–Kier alpha value is -1.15. The second-order valence-electron chi connectivity index (χ2n) is 2.76. The number of carbonyl (C=O) groups excluding carboxylic acids is 2. The lowest BCUT2D eigenvalue weighted by Gasteiger charge is -2.03. The van der Waals surface area contributed by atoms with Gasteiger partial charge in [0, 0.05) is 5.56 Å². The van der Waals surface area contributed by atoms with E-state index in [1.165, 1.54) is 6.92 Å². The fourth-order valence-electron chi connectivity index (χ4n) is 0.955. The second-order valence-corrected chi connectivity index (χ2v) is 3.13. The van der Waals surface area contributed by atoms with E-state index in [-0.39, 0.29) is 5.78 Å². The molecular weight excluding hydrogens is 188 g/mol. The Morgan fingerprint density at radius 2 is 1.77 bits per heavy atom. The third-order valence-electron chi connectivity index (χ3n) is 1.79. The lowest BCUT2D eigenvalue weighted by molar-refractivity contribution is -0.113. The van der Waals surface area contributed by atoms with Gasteiger partial charge in [-0.05, 0) is 18.5 Å². The van der Waals surface area contributed by atoms with Crippen LogP contribution in [-0.4, -0.2) is 11.0 Å². The normalized spacial score (nSPS) is 12.2. The number of hydrogen-bond donors (Lipinski definition) is 0. The molecule has 68 valence electrons. The molecule has 2 nitrogen and oxygen atoms in total. The number of hydrogen-bond acceptors (Lipinski definition) is 2. The maximum Gasteiger partial charge on any atom is 0.232 e. The van der Waals surface area contributed by atoms with Crippen molar-refractivity contribution in [3.63, 3.8) is 0 Å². The Bertz CT molecular complexity index is 319. The summed E-state index contributed by atoms with van der Waals surface area (Å²) in [5.41, 5.74) is 0.518. The highest BCUT2D eigenvalue weighted by Crippen LogP contribution is 2.10. The second kappa shape index (κ2) is 4.19. The molecule has 0 aliphatic heterocycles. The van der Waals surface area contributed by atoms with Crippen LogP contribution < -0.4 is 0 Å². The van der Waals surface area contributed by atoms with Gasteiger partial charge in [-0.1, -0.05) is 30.3 Å². The van der Waals surface area contributed by atoms with Crippen molar-refractivity contribution in [2.24, 2.45) is 5.92 Å². The molecule has 1 aromatic carbocycles. The van der Waals surface area contributed by atoms with Crippen LogP contribution >= 0.6 is 11.6 Å². The van der Waals surface area contributed by atoms with Crippen molar-refractivity contribution < 1.29 is 9.59 Å². The number of Topliss-reactive ketones (excluding diaryl/α,β-unsaturated/α-hetero) is 1. The largest absolute Gasteiger partial charge is 0.293 e. The summed E-state index contributed by atoms with van der Waals surface area (Å²) in [6.45, 7) is 1.50. The minimum Gasteiger partial charge on any atom is -0.293 e. The molecule has 0 unspecified atom stereocenters. The van der Waals surface area contributed by atoms with Gasteiger partial charge in [0.15, 0.2) is 5.78 Å². The highest BCUT2D eigenvalue weighted by molar-refractivity contribution is 6.65.